The van der Waals surface area contributed by atoms with E-state index in [1.54, 1.807) is 13.0 Å². The highest BCUT2D eigenvalue weighted by Gasteiger charge is 2.07. The van der Waals surface area contributed by atoms with E-state index >= 15 is 0 Å². The van der Waals surface area contributed by atoms with Crippen LogP contribution in [0.25, 0.3) is 0 Å². The minimum atomic E-state index is -0.335. The van der Waals surface area contributed by atoms with E-state index in [1.807, 2.05) is 0 Å². The average molecular weight is 347 g/mol. The van der Waals surface area contributed by atoms with Gasteiger partial charge in [-0.05, 0) is 64.3 Å². The molecule has 0 aliphatic heterocycles. The van der Waals surface area contributed by atoms with Crippen LogP contribution in [0.4, 0.5) is 14.5 Å². The van der Waals surface area contributed by atoms with Crippen LogP contribution in [0.15, 0.2) is 34.8 Å². The number of anilines is 1. The van der Waals surface area contributed by atoms with E-state index in [9.17, 15) is 8.78 Å². The van der Waals surface area contributed by atoms with Crippen LogP contribution < -0.4 is 5.32 Å². The third kappa shape index (κ3) is 3.45. The second-order valence-electron chi connectivity index (χ2n) is 4.17. The number of nitrogens with one attached hydrogen (secondary N) is 1. The standard InChI is InChI=1S/C14H11BrClF2N/c1-8-4-13(18)11(15)6-14(8)19-7-9-5-10(17)2-3-12(9)16/h2-6,19H,7H2,1H3. The smallest absolute Gasteiger partial charge is 0.137 e. The average Bonchev–Trinajstić information content (AvgIpc) is 2.36. The molecule has 5 heteroatoms. The van der Waals surface area contributed by atoms with Crippen LogP contribution in [-0.4, -0.2) is 0 Å². The van der Waals surface area contributed by atoms with Gasteiger partial charge in [-0.1, -0.05) is 11.6 Å². The quantitative estimate of drug-likeness (QED) is 0.795. The third-order valence-electron chi connectivity index (χ3n) is 2.74. The Labute approximate surface area is 123 Å². The summed E-state index contributed by atoms with van der Waals surface area (Å²) >= 11 is 9.11. The second-order valence-corrected chi connectivity index (χ2v) is 5.43. The predicted molar refractivity (Wildman–Crippen MR) is 77.6 cm³/mol. The van der Waals surface area contributed by atoms with E-state index in [4.69, 9.17) is 11.6 Å². The molecule has 0 atom stereocenters. The zero-order valence-corrected chi connectivity index (χ0v) is 12.4. The van der Waals surface area contributed by atoms with E-state index in [0.717, 1.165) is 11.3 Å². The molecule has 1 nitrogen and oxygen atoms in total. The first kappa shape index (κ1) is 14.3. The summed E-state index contributed by atoms with van der Waals surface area (Å²) in [6.07, 6.45) is 0. The summed E-state index contributed by atoms with van der Waals surface area (Å²) < 4.78 is 26.8. The molecule has 0 saturated heterocycles. The number of halogens is 4. The molecule has 19 heavy (non-hydrogen) atoms. The van der Waals surface area contributed by atoms with Crippen LogP contribution in [0.3, 0.4) is 0 Å². The minimum Gasteiger partial charge on any atom is -0.381 e. The van der Waals surface area contributed by atoms with E-state index in [-0.39, 0.29) is 11.6 Å². The van der Waals surface area contributed by atoms with Crippen molar-refractivity contribution in [2.45, 2.75) is 13.5 Å². The summed E-state index contributed by atoms with van der Waals surface area (Å²) in [6.45, 7) is 2.17. The molecular weight excluding hydrogens is 336 g/mol. The highest BCUT2D eigenvalue weighted by Crippen LogP contribution is 2.25. The van der Waals surface area contributed by atoms with Crippen molar-refractivity contribution in [3.05, 3.63) is 62.6 Å². The van der Waals surface area contributed by atoms with Crippen LogP contribution >= 0.6 is 27.5 Å². The highest BCUT2D eigenvalue weighted by molar-refractivity contribution is 9.10. The Hall–Kier alpha value is -1.13. The summed E-state index contributed by atoms with van der Waals surface area (Å²) in [4.78, 5) is 0. The number of benzene rings is 2. The maximum atomic E-state index is 13.3. The fourth-order valence-electron chi connectivity index (χ4n) is 1.71. The van der Waals surface area contributed by atoms with E-state index < -0.39 is 0 Å². The van der Waals surface area contributed by atoms with E-state index in [0.29, 0.717) is 21.6 Å². The van der Waals surface area contributed by atoms with Crippen LogP contribution in [0, 0.1) is 18.6 Å². The lowest BCUT2D eigenvalue weighted by molar-refractivity contribution is 0.620. The molecule has 0 fully saturated rings. The van der Waals surface area contributed by atoms with E-state index in [1.165, 1.54) is 24.3 Å². The second kappa shape index (κ2) is 5.88. The molecule has 0 radical (unpaired) electrons. The first-order valence-corrected chi connectivity index (χ1v) is 6.78. The van der Waals surface area contributed by atoms with Crippen LogP contribution in [0.2, 0.25) is 5.02 Å². The molecule has 2 aromatic rings. The van der Waals surface area contributed by atoms with Gasteiger partial charge in [0.1, 0.15) is 11.6 Å². The van der Waals surface area contributed by atoms with Gasteiger partial charge in [0.2, 0.25) is 0 Å². The van der Waals surface area contributed by atoms with Gasteiger partial charge < -0.3 is 5.32 Å². The lowest BCUT2D eigenvalue weighted by atomic mass is 10.1. The van der Waals surface area contributed by atoms with Gasteiger partial charge in [0.15, 0.2) is 0 Å². The Bertz CT molecular complexity index is 617. The molecular formula is C14H11BrClF2N. The highest BCUT2D eigenvalue weighted by atomic mass is 79.9. The third-order valence-corrected chi connectivity index (χ3v) is 3.72. The molecule has 0 spiro atoms. The molecule has 0 bridgehead atoms. The molecule has 0 aliphatic carbocycles. The fraction of sp³-hybridized carbons (Fsp3) is 0.143. The summed E-state index contributed by atoms with van der Waals surface area (Å²) in [5.74, 6) is -0.648. The molecule has 0 saturated carbocycles. The normalized spacial score (nSPS) is 10.6. The minimum absolute atomic E-state index is 0.313. The van der Waals surface area contributed by atoms with Crippen molar-refractivity contribution in [1.29, 1.82) is 0 Å². The van der Waals surface area contributed by atoms with Gasteiger partial charge in [-0.3, -0.25) is 0 Å². The lowest BCUT2D eigenvalue weighted by Crippen LogP contribution is -2.02. The van der Waals surface area contributed by atoms with Gasteiger partial charge in [-0.15, -0.1) is 0 Å². The zero-order chi connectivity index (χ0) is 14.0. The lowest BCUT2D eigenvalue weighted by Gasteiger charge is -2.11. The molecule has 0 heterocycles. The van der Waals surface area contributed by atoms with Crippen LogP contribution in [-0.2, 0) is 6.54 Å². The van der Waals surface area contributed by atoms with Crippen molar-refractivity contribution in [3.8, 4) is 0 Å². The van der Waals surface area contributed by atoms with Gasteiger partial charge in [0.25, 0.3) is 0 Å². The fourth-order valence-corrected chi connectivity index (χ4v) is 2.23. The van der Waals surface area contributed by atoms with Crippen LogP contribution in [0.1, 0.15) is 11.1 Å². The van der Waals surface area contributed by atoms with Gasteiger partial charge >= 0.3 is 0 Å². The van der Waals surface area contributed by atoms with Crippen molar-refractivity contribution in [3.63, 3.8) is 0 Å². The molecule has 0 amide bonds. The van der Waals surface area contributed by atoms with Crippen molar-refractivity contribution >= 4 is 33.2 Å². The Morgan fingerprint density at radius 3 is 2.68 bits per heavy atom. The largest absolute Gasteiger partial charge is 0.381 e. The summed E-state index contributed by atoms with van der Waals surface area (Å²) in [5.41, 5.74) is 2.20. The Kier molecular flexibility index (Phi) is 4.42. The van der Waals surface area contributed by atoms with E-state index in [2.05, 4.69) is 21.2 Å². The van der Waals surface area contributed by atoms with Gasteiger partial charge in [-0.25, -0.2) is 8.78 Å². The molecule has 0 aromatic heterocycles. The molecule has 100 valence electrons. The SMILES string of the molecule is Cc1cc(F)c(Br)cc1NCc1cc(F)ccc1Cl. The number of hydrogen-bond donors (Lipinski definition) is 1. The predicted octanol–water partition coefficient (Wildman–Crippen LogP) is 5.30. The molecule has 0 unspecified atom stereocenters. The van der Waals surface area contributed by atoms with Crippen molar-refractivity contribution in [1.82, 2.24) is 0 Å². The molecule has 0 aliphatic rings. The Morgan fingerprint density at radius 2 is 1.95 bits per heavy atom. The number of aryl methyl sites for hydroxylation is 1. The first-order chi connectivity index (χ1) is 8.97. The Balaban J connectivity index is 2.19. The Morgan fingerprint density at radius 1 is 1.21 bits per heavy atom. The summed E-state index contributed by atoms with van der Waals surface area (Å²) in [7, 11) is 0. The molecule has 2 rings (SSSR count). The van der Waals surface area contributed by atoms with Gasteiger partial charge in [-0.2, -0.15) is 0 Å². The van der Waals surface area contributed by atoms with Crippen molar-refractivity contribution in [2.24, 2.45) is 0 Å². The summed E-state index contributed by atoms with van der Waals surface area (Å²) in [5, 5.41) is 3.61. The maximum Gasteiger partial charge on any atom is 0.137 e. The van der Waals surface area contributed by atoms with Crippen molar-refractivity contribution in [2.75, 3.05) is 5.32 Å². The number of hydrogen-bond acceptors (Lipinski definition) is 1. The van der Waals surface area contributed by atoms with Crippen LogP contribution in [0.5, 0.6) is 0 Å². The zero-order valence-electron chi connectivity index (χ0n) is 10.1. The topological polar surface area (TPSA) is 12.0 Å². The number of rotatable bonds is 3. The van der Waals surface area contributed by atoms with Gasteiger partial charge in [0, 0.05) is 17.3 Å². The summed E-state index contributed by atoms with van der Waals surface area (Å²) in [6, 6.07) is 7.29. The maximum absolute atomic E-state index is 13.3. The monoisotopic (exact) mass is 345 g/mol. The van der Waals surface area contributed by atoms with Gasteiger partial charge in [0.05, 0.1) is 4.47 Å². The molecule has 2 aromatic carbocycles. The molecule has 1 N–H and O–H groups in total. The van der Waals surface area contributed by atoms with Crippen molar-refractivity contribution < 1.29 is 8.78 Å². The first-order valence-electron chi connectivity index (χ1n) is 5.61.